The lowest BCUT2D eigenvalue weighted by molar-refractivity contribution is -0.127. The Kier molecular flexibility index (Phi) is 3.09. The highest BCUT2D eigenvalue weighted by atomic mass is 16.1. The first-order chi connectivity index (χ1) is 8.59. The molecule has 18 heavy (non-hydrogen) atoms. The molecule has 1 unspecified atom stereocenters. The molecular weight excluding hydrogens is 224 g/mol. The molecule has 0 radical (unpaired) electrons. The van der Waals surface area contributed by atoms with E-state index in [0.717, 1.165) is 5.57 Å². The highest BCUT2D eigenvalue weighted by molar-refractivity contribution is 5.89. The van der Waals surface area contributed by atoms with Crippen molar-refractivity contribution < 1.29 is 4.79 Å². The number of allylic oxidation sites excluding steroid dienone is 4. The van der Waals surface area contributed by atoms with Gasteiger partial charge in [0.2, 0.25) is 0 Å². The summed E-state index contributed by atoms with van der Waals surface area (Å²) in [5, 5.41) is 18.9. The molecule has 0 spiro atoms. The number of rotatable bonds is 0. The van der Waals surface area contributed by atoms with Crippen LogP contribution in [0.5, 0.6) is 0 Å². The van der Waals surface area contributed by atoms with E-state index in [1.165, 1.54) is 0 Å². The van der Waals surface area contributed by atoms with Gasteiger partial charge < -0.3 is 0 Å². The van der Waals surface area contributed by atoms with Crippen molar-refractivity contribution in [2.75, 3.05) is 0 Å². The molecule has 92 valence electrons. The lowest BCUT2D eigenvalue weighted by atomic mass is 9.60. The number of ketones is 1. The first kappa shape index (κ1) is 12.6. The molecule has 0 N–H and O–H groups in total. The SMILES string of the molecule is CC12C/C=C\CCC(C#N)(C#N)C1=CCCC2=O. The number of fused-ring (bicyclic) bond motifs is 1. The summed E-state index contributed by atoms with van der Waals surface area (Å²) in [5.74, 6) is 0.154. The number of carbonyl (C=O) groups excluding carboxylic acids is 1. The second-order valence-corrected chi connectivity index (χ2v) is 5.25. The van der Waals surface area contributed by atoms with Crippen LogP contribution in [-0.4, -0.2) is 5.78 Å². The van der Waals surface area contributed by atoms with Gasteiger partial charge in [-0.3, -0.25) is 4.79 Å². The molecule has 0 aliphatic heterocycles. The molecule has 2 aliphatic carbocycles. The maximum Gasteiger partial charge on any atom is 0.165 e. The van der Waals surface area contributed by atoms with Crippen LogP contribution in [0.1, 0.15) is 39.0 Å². The molecule has 0 aromatic heterocycles. The monoisotopic (exact) mass is 240 g/mol. The Morgan fingerprint density at radius 3 is 2.61 bits per heavy atom. The molecule has 0 heterocycles. The van der Waals surface area contributed by atoms with E-state index in [1.807, 2.05) is 25.2 Å². The summed E-state index contributed by atoms with van der Waals surface area (Å²) in [6.45, 7) is 1.87. The van der Waals surface area contributed by atoms with Crippen LogP contribution in [0.2, 0.25) is 0 Å². The van der Waals surface area contributed by atoms with Crippen LogP contribution in [-0.2, 0) is 4.79 Å². The standard InChI is InChI=1S/C15H16N2O/c1-14-8-3-2-4-9-15(10-16,11-17)12(14)6-5-7-13(14)18/h2-3,6H,4-5,7-9H2,1H3/b3-2-. The first-order valence-corrected chi connectivity index (χ1v) is 6.31. The number of hydrogen-bond donors (Lipinski definition) is 0. The minimum atomic E-state index is -1.13. The predicted octanol–water partition coefficient (Wildman–Crippen LogP) is 3.06. The minimum Gasteiger partial charge on any atom is -0.299 e. The average molecular weight is 240 g/mol. The van der Waals surface area contributed by atoms with Gasteiger partial charge in [0.05, 0.1) is 17.6 Å². The largest absolute Gasteiger partial charge is 0.299 e. The number of nitrogens with zero attached hydrogens (tertiary/aromatic N) is 2. The molecule has 2 aliphatic rings. The van der Waals surface area contributed by atoms with Crippen LogP contribution < -0.4 is 0 Å². The van der Waals surface area contributed by atoms with Gasteiger partial charge in [0.1, 0.15) is 5.78 Å². The Hall–Kier alpha value is -1.87. The number of hydrogen-bond acceptors (Lipinski definition) is 3. The smallest absolute Gasteiger partial charge is 0.165 e. The van der Waals surface area contributed by atoms with Gasteiger partial charge in [-0.25, -0.2) is 0 Å². The maximum atomic E-state index is 12.2. The van der Waals surface area contributed by atoms with Gasteiger partial charge in [0.25, 0.3) is 0 Å². The Labute approximate surface area is 107 Å². The zero-order valence-electron chi connectivity index (χ0n) is 10.6. The van der Waals surface area contributed by atoms with Crippen LogP contribution >= 0.6 is 0 Å². The van der Waals surface area contributed by atoms with Gasteiger partial charge in [-0.05, 0) is 38.2 Å². The molecule has 0 aromatic carbocycles. The number of carbonyl (C=O) groups is 1. The van der Waals surface area contributed by atoms with Crippen molar-refractivity contribution in [1.82, 2.24) is 0 Å². The van der Waals surface area contributed by atoms with E-state index in [9.17, 15) is 15.3 Å². The van der Waals surface area contributed by atoms with E-state index in [2.05, 4.69) is 12.1 Å². The van der Waals surface area contributed by atoms with Crippen LogP contribution in [0.4, 0.5) is 0 Å². The van der Waals surface area contributed by atoms with Crippen molar-refractivity contribution in [3.05, 3.63) is 23.8 Å². The molecule has 0 fully saturated rings. The summed E-state index contributed by atoms with van der Waals surface area (Å²) < 4.78 is 0. The molecule has 3 nitrogen and oxygen atoms in total. The molecule has 1 atom stereocenters. The molecule has 3 heteroatoms. The Balaban J connectivity index is 2.62. The summed E-state index contributed by atoms with van der Waals surface area (Å²) in [7, 11) is 0. The highest BCUT2D eigenvalue weighted by Crippen LogP contribution is 2.49. The summed E-state index contributed by atoms with van der Waals surface area (Å²) in [5.41, 5.74) is -1.06. The zero-order chi connectivity index (χ0) is 13.2. The fraction of sp³-hybridized carbons (Fsp3) is 0.533. The number of nitriles is 2. The van der Waals surface area contributed by atoms with Gasteiger partial charge in [-0.1, -0.05) is 18.2 Å². The van der Waals surface area contributed by atoms with Gasteiger partial charge >= 0.3 is 0 Å². The fourth-order valence-corrected chi connectivity index (χ4v) is 3.00. The van der Waals surface area contributed by atoms with Crippen molar-refractivity contribution in [3.8, 4) is 12.1 Å². The third kappa shape index (κ3) is 1.68. The zero-order valence-corrected chi connectivity index (χ0v) is 10.6. The Morgan fingerprint density at radius 2 is 1.94 bits per heavy atom. The van der Waals surface area contributed by atoms with E-state index in [0.29, 0.717) is 32.1 Å². The summed E-state index contributed by atoms with van der Waals surface area (Å²) >= 11 is 0. The second kappa shape index (κ2) is 4.42. The third-order valence-electron chi connectivity index (χ3n) is 4.15. The van der Waals surface area contributed by atoms with E-state index in [-0.39, 0.29) is 5.78 Å². The lowest BCUT2D eigenvalue weighted by Crippen LogP contribution is -2.40. The second-order valence-electron chi connectivity index (χ2n) is 5.25. The van der Waals surface area contributed by atoms with Crippen molar-refractivity contribution in [2.45, 2.75) is 39.0 Å². The third-order valence-corrected chi connectivity index (χ3v) is 4.15. The van der Waals surface area contributed by atoms with Crippen LogP contribution in [0.3, 0.4) is 0 Å². The van der Waals surface area contributed by atoms with E-state index >= 15 is 0 Å². The molecule has 0 aromatic rings. The minimum absolute atomic E-state index is 0.154. The van der Waals surface area contributed by atoms with Crippen LogP contribution in [0.25, 0.3) is 0 Å². The van der Waals surface area contributed by atoms with Crippen molar-refractivity contribution in [1.29, 1.82) is 10.5 Å². The first-order valence-electron chi connectivity index (χ1n) is 6.31. The van der Waals surface area contributed by atoms with Crippen LogP contribution in [0, 0.1) is 33.5 Å². The topological polar surface area (TPSA) is 64.7 Å². The fourth-order valence-electron chi connectivity index (χ4n) is 3.00. The average Bonchev–Trinajstić information content (AvgIpc) is 2.36. The Bertz CT molecular complexity index is 502. The van der Waals surface area contributed by atoms with Gasteiger partial charge in [-0.15, -0.1) is 0 Å². The lowest BCUT2D eigenvalue weighted by Gasteiger charge is -2.39. The molecule has 0 saturated heterocycles. The molecule has 0 amide bonds. The van der Waals surface area contributed by atoms with Gasteiger partial charge in [0.15, 0.2) is 5.41 Å². The van der Waals surface area contributed by atoms with Crippen LogP contribution in [0.15, 0.2) is 23.8 Å². The van der Waals surface area contributed by atoms with Gasteiger partial charge in [0, 0.05) is 6.42 Å². The van der Waals surface area contributed by atoms with E-state index in [1.54, 1.807) is 0 Å². The highest BCUT2D eigenvalue weighted by Gasteiger charge is 2.49. The van der Waals surface area contributed by atoms with Crippen molar-refractivity contribution in [3.63, 3.8) is 0 Å². The van der Waals surface area contributed by atoms with E-state index < -0.39 is 10.8 Å². The van der Waals surface area contributed by atoms with E-state index in [4.69, 9.17) is 0 Å². The quantitative estimate of drug-likeness (QED) is 0.611. The molecular formula is C15H16N2O. The molecule has 0 bridgehead atoms. The maximum absolute atomic E-state index is 12.2. The van der Waals surface area contributed by atoms with Crippen molar-refractivity contribution >= 4 is 5.78 Å². The summed E-state index contributed by atoms with van der Waals surface area (Å²) in [4.78, 5) is 12.2. The summed E-state index contributed by atoms with van der Waals surface area (Å²) in [6, 6.07) is 4.33. The summed E-state index contributed by atoms with van der Waals surface area (Å²) in [6.07, 6.45) is 8.89. The molecule has 2 rings (SSSR count). The Morgan fingerprint density at radius 1 is 1.22 bits per heavy atom. The van der Waals surface area contributed by atoms with Crippen molar-refractivity contribution in [2.24, 2.45) is 10.8 Å². The predicted molar refractivity (Wildman–Crippen MR) is 67.1 cm³/mol. The molecule has 0 saturated carbocycles. The van der Waals surface area contributed by atoms with Gasteiger partial charge in [-0.2, -0.15) is 10.5 Å². The normalized spacial score (nSPS) is 31.9. The number of Topliss-reactive ketones (excluding diaryl/α,β-unsaturated/α-hetero) is 1.